The Hall–Kier alpha value is -1.71. The fourth-order valence-corrected chi connectivity index (χ4v) is 2.47. The van der Waals surface area contributed by atoms with Crippen LogP contribution in [0, 0.1) is 11.7 Å². The summed E-state index contributed by atoms with van der Waals surface area (Å²) in [6.45, 7) is 0. The van der Waals surface area contributed by atoms with Crippen molar-refractivity contribution in [2.24, 2.45) is 11.0 Å². The van der Waals surface area contributed by atoms with Crippen LogP contribution in [0.5, 0.6) is 0 Å². The van der Waals surface area contributed by atoms with Crippen LogP contribution in [-0.4, -0.2) is 11.6 Å². The van der Waals surface area contributed by atoms with Gasteiger partial charge in [-0.1, -0.05) is 6.42 Å². The van der Waals surface area contributed by atoms with Crippen LogP contribution in [-0.2, 0) is 4.79 Å². The summed E-state index contributed by atoms with van der Waals surface area (Å²) in [6.07, 6.45) is 4.01. The number of nitrogens with zero attached hydrogens (tertiary/aromatic N) is 2. The van der Waals surface area contributed by atoms with Crippen LogP contribution in [0.3, 0.4) is 0 Å². The molecule has 1 heterocycles. The predicted molar refractivity (Wildman–Crippen MR) is 63.3 cm³/mol. The van der Waals surface area contributed by atoms with Gasteiger partial charge in [0.25, 0.3) is 5.91 Å². The maximum atomic E-state index is 12.8. The first-order chi connectivity index (χ1) is 8.25. The second-order valence-corrected chi connectivity index (χ2v) is 4.52. The highest BCUT2D eigenvalue weighted by atomic mass is 19.1. The average molecular weight is 232 g/mol. The second-order valence-electron chi connectivity index (χ2n) is 4.52. The number of carbonyl (C=O) groups is 1. The van der Waals surface area contributed by atoms with E-state index in [4.69, 9.17) is 0 Å². The topological polar surface area (TPSA) is 32.7 Å². The molecule has 1 fully saturated rings. The van der Waals surface area contributed by atoms with Crippen molar-refractivity contribution >= 4 is 17.3 Å². The van der Waals surface area contributed by atoms with Crippen LogP contribution in [0.2, 0.25) is 0 Å². The summed E-state index contributed by atoms with van der Waals surface area (Å²) in [6, 6.07) is 5.89. The number of amides is 1. The lowest BCUT2D eigenvalue weighted by molar-refractivity contribution is -0.120. The summed E-state index contributed by atoms with van der Waals surface area (Å²) >= 11 is 0. The van der Waals surface area contributed by atoms with Crippen molar-refractivity contribution in [2.45, 2.75) is 25.7 Å². The Morgan fingerprint density at radius 2 is 2.00 bits per heavy atom. The zero-order valence-electron chi connectivity index (χ0n) is 9.40. The minimum atomic E-state index is -0.300. The summed E-state index contributed by atoms with van der Waals surface area (Å²) in [5, 5.41) is 5.79. The summed E-state index contributed by atoms with van der Waals surface area (Å²) in [5.41, 5.74) is 1.64. The molecule has 1 saturated carbocycles. The maximum absolute atomic E-state index is 12.8. The fraction of sp³-hybridized carbons (Fsp3) is 0.385. The van der Waals surface area contributed by atoms with E-state index < -0.39 is 0 Å². The zero-order chi connectivity index (χ0) is 11.8. The number of anilines is 1. The van der Waals surface area contributed by atoms with E-state index >= 15 is 0 Å². The van der Waals surface area contributed by atoms with Crippen LogP contribution in [0.4, 0.5) is 10.1 Å². The van der Waals surface area contributed by atoms with Gasteiger partial charge in [0, 0.05) is 0 Å². The predicted octanol–water partition coefficient (Wildman–Crippen LogP) is 2.72. The number of hydrogen-bond acceptors (Lipinski definition) is 2. The van der Waals surface area contributed by atoms with Crippen LogP contribution in [0.1, 0.15) is 25.7 Å². The van der Waals surface area contributed by atoms with E-state index in [1.54, 1.807) is 12.1 Å². The normalized spacial score (nSPS) is 23.6. The summed E-state index contributed by atoms with van der Waals surface area (Å²) in [4.78, 5) is 12.1. The maximum Gasteiger partial charge on any atom is 0.256 e. The Balaban J connectivity index is 1.92. The molecule has 1 amide bonds. The Morgan fingerprint density at radius 1 is 1.24 bits per heavy atom. The van der Waals surface area contributed by atoms with Gasteiger partial charge in [0.2, 0.25) is 0 Å². The molecule has 1 aromatic carbocycles. The van der Waals surface area contributed by atoms with Crippen molar-refractivity contribution in [1.82, 2.24) is 0 Å². The largest absolute Gasteiger partial charge is 0.272 e. The molecule has 0 N–H and O–H groups in total. The quantitative estimate of drug-likeness (QED) is 0.732. The number of benzene rings is 1. The van der Waals surface area contributed by atoms with Gasteiger partial charge < -0.3 is 0 Å². The number of fused-ring (bicyclic) bond motifs is 1. The fourth-order valence-electron chi connectivity index (χ4n) is 2.47. The molecule has 0 aromatic heterocycles. The summed E-state index contributed by atoms with van der Waals surface area (Å²) in [5.74, 6) is -0.300. The van der Waals surface area contributed by atoms with E-state index in [0.717, 1.165) is 31.4 Å². The molecule has 3 rings (SSSR count). The molecule has 4 heteroatoms. The highest BCUT2D eigenvalue weighted by Crippen LogP contribution is 2.31. The Kier molecular flexibility index (Phi) is 2.42. The van der Waals surface area contributed by atoms with Crippen molar-refractivity contribution in [1.29, 1.82) is 0 Å². The first-order valence-corrected chi connectivity index (χ1v) is 5.92. The number of carbonyl (C=O) groups excluding carboxylic acids is 1. The molecular weight excluding hydrogens is 219 g/mol. The standard InChI is InChI=1S/C13H13FN2O/c14-9-5-7-10(8-6-9)16-13(17)11-3-1-2-4-12(11)15-16/h5-8,11H,1-4H2. The van der Waals surface area contributed by atoms with Gasteiger partial charge in [-0.25, -0.2) is 9.40 Å². The molecule has 1 aliphatic carbocycles. The lowest BCUT2D eigenvalue weighted by Gasteiger charge is -2.16. The van der Waals surface area contributed by atoms with Crippen LogP contribution >= 0.6 is 0 Å². The van der Waals surface area contributed by atoms with E-state index in [-0.39, 0.29) is 17.6 Å². The van der Waals surface area contributed by atoms with E-state index in [1.165, 1.54) is 17.1 Å². The van der Waals surface area contributed by atoms with Gasteiger partial charge >= 0.3 is 0 Å². The van der Waals surface area contributed by atoms with Crippen molar-refractivity contribution in [3.8, 4) is 0 Å². The second kappa shape index (κ2) is 3.95. The molecule has 1 atom stereocenters. The Labute approximate surface area is 98.9 Å². The number of halogens is 1. The molecule has 2 aliphatic rings. The number of hydrogen-bond donors (Lipinski definition) is 0. The van der Waals surface area contributed by atoms with Crippen molar-refractivity contribution in [2.75, 3.05) is 5.01 Å². The molecule has 17 heavy (non-hydrogen) atoms. The minimum Gasteiger partial charge on any atom is -0.272 e. The average Bonchev–Trinajstić information content (AvgIpc) is 2.69. The Bertz CT molecular complexity index is 481. The molecule has 0 saturated heterocycles. The third kappa shape index (κ3) is 1.73. The molecule has 0 spiro atoms. The lowest BCUT2D eigenvalue weighted by Crippen LogP contribution is -2.28. The van der Waals surface area contributed by atoms with Crippen LogP contribution in [0.25, 0.3) is 0 Å². The van der Waals surface area contributed by atoms with Crippen molar-refractivity contribution < 1.29 is 9.18 Å². The van der Waals surface area contributed by atoms with Gasteiger partial charge in [0.05, 0.1) is 17.3 Å². The van der Waals surface area contributed by atoms with E-state index in [9.17, 15) is 9.18 Å². The molecule has 0 radical (unpaired) electrons. The van der Waals surface area contributed by atoms with Gasteiger partial charge in [0.15, 0.2) is 0 Å². The molecule has 1 aliphatic heterocycles. The first kappa shape index (κ1) is 10.4. The smallest absolute Gasteiger partial charge is 0.256 e. The third-order valence-electron chi connectivity index (χ3n) is 3.38. The van der Waals surface area contributed by atoms with Gasteiger partial charge in [-0.2, -0.15) is 5.10 Å². The van der Waals surface area contributed by atoms with Crippen LogP contribution in [0.15, 0.2) is 29.4 Å². The molecule has 1 unspecified atom stereocenters. The van der Waals surface area contributed by atoms with E-state index in [0.29, 0.717) is 5.69 Å². The molecule has 88 valence electrons. The van der Waals surface area contributed by atoms with E-state index in [2.05, 4.69) is 5.10 Å². The van der Waals surface area contributed by atoms with E-state index in [1.807, 2.05) is 0 Å². The molecule has 0 bridgehead atoms. The SMILES string of the molecule is O=C1C2CCCCC2=NN1c1ccc(F)cc1. The highest BCUT2D eigenvalue weighted by Gasteiger charge is 2.37. The van der Waals surface area contributed by atoms with Crippen molar-refractivity contribution in [3.05, 3.63) is 30.1 Å². The minimum absolute atomic E-state index is 0.0335. The Morgan fingerprint density at radius 3 is 2.71 bits per heavy atom. The lowest BCUT2D eigenvalue weighted by atomic mass is 9.87. The van der Waals surface area contributed by atoms with Crippen molar-refractivity contribution in [3.63, 3.8) is 0 Å². The third-order valence-corrected chi connectivity index (χ3v) is 3.38. The van der Waals surface area contributed by atoms with Gasteiger partial charge in [-0.3, -0.25) is 4.79 Å². The zero-order valence-corrected chi connectivity index (χ0v) is 9.40. The number of hydrazone groups is 1. The van der Waals surface area contributed by atoms with Crippen LogP contribution < -0.4 is 5.01 Å². The molecule has 1 aromatic rings. The van der Waals surface area contributed by atoms with Gasteiger partial charge in [-0.05, 0) is 43.5 Å². The summed E-state index contributed by atoms with van der Waals surface area (Å²) < 4.78 is 12.8. The monoisotopic (exact) mass is 232 g/mol. The summed E-state index contributed by atoms with van der Waals surface area (Å²) in [7, 11) is 0. The van der Waals surface area contributed by atoms with Gasteiger partial charge in [0.1, 0.15) is 5.82 Å². The number of rotatable bonds is 1. The molecular formula is C13H13FN2O. The molecule has 3 nitrogen and oxygen atoms in total. The van der Waals surface area contributed by atoms with Gasteiger partial charge in [-0.15, -0.1) is 0 Å². The first-order valence-electron chi connectivity index (χ1n) is 5.92. The highest BCUT2D eigenvalue weighted by molar-refractivity contribution is 6.15.